The predicted octanol–water partition coefficient (Wildman–Crippen LogP) is -1.09. The van der Waals surface area contributed by atoms with Crippen LogP contribution in [0.15, 0.2) is 0 Å². The lowest BCUT2D eigenvalue weighted by Crippen LogP contribution is -2.50. The Morgan fingerprint density at radius 2 is 1.95 bits per heavy atom. The topological polar surface area (TPSA) is 80.5 Å². The summed E-state index contributed by atoms with van der Waals surface area (Å²) in [6.45, 7) is 4.20. The molecule has 3 rings (SSSR count). The van der Waals surface area contributed by atoms with E-state index in [-0.39, 0.29) is 11.7 Å². The molecule has 6 heteroatoms. The first-order valence-corrected chi connectivity index (χ1v) is 6.55. The van der Waals surface area contributed by atoms with Gasteiger partial charge in [0.15, 0.2) is 5.78 Å². The van der Waals surface area contributed by atoms with Crippen LogP contribution in [0.2, 0.25) is 0 Å². The molecular formula is C13H18N2O4. The van der Waals surface area contributed by atoms with Gasteiger partial charge in [0.25, 0.3) is 11.4 Å². The number of Topliss-reactive ketones (excluding diaryl/α,β-unsaturated/α-hetero) is 1. The second-order valence-electron chi connectivity index (χ2n) is 5.14. The molecule has 3 aliphatic heterocycles. The van der Waals surface area contributed by atoms with Gasteiger partial charge >= 0.3 is 5.91 Å². The highest BCUT2D eigenvalue weighted by molar-refractivity contribution is 6.16. The molecule has 19 heavy (non-hydrogen) atoms. The molecule has 1 atom stereocenters. The van der Waals surface area contributed by atoms with Crippen molar-refractivity contribution >= 4 is 23.5 Å². The van der Waals surface area contributed by atoms with E-state index in [1.54, 1.807) is 6.92 Å². The highest BCUT2D eigenvalue weighted by Crippen LogP contribution is 2.36. The quantitative estimate of drug-likeness (QED) is 0.446. The van der Waals surface area contributed by atoms with E-state index in [1.807, 2.05) is 4.90 Å². The molecule has 0 aromatic heterocycles. The average Bonchev–Trinajstić information content (AvgIpc) is 2.96. The molecule has 0 radical (unpaired) electrons. The third-order valence-corrected chi connectivity index (χ3v) is 3.97. The molecule has 0 bridgehead atoms. The van der Waals surface area contributed by atoms with Crippen molar-refractivity contribution in [1.82, 2.24) is 4.90 Å². The van der Waals surface area contributed by atoms with E-state index >= 15 is 0 Å². The normalized spacial score (nSPS) is 27.9. The van der Waals surface area contributed by atoms with E-state index in [4.69, 9.17) is 9.90 Å². The van der Waals surface area contributed by atoms with E-state index in [0.717, 1.165) is 45.1 Å². The van der Waals surface area contributed by atoms with Crippen LogP contribution in [-0.4, -0.2) is 51.6 Å². The summed E-state index contributed by atoms with van der Waals surface area (Å²) in [5.74, 6) is 0.0830. The fraction of sp³-hybridized carbons (Fsp3) is 0.692. The van der Waals surface area contributed by atoms with Gasteiger partial charge in [-0.2, -0.15) is 4.90 Å². The van der Waals surface area contributed by atoms with Crippen LogP contribution >= 0.6 is 0 Å². The number of carbonyl (C=O) groups excluding carboxylic acids is 3. The lowest BCUT2D eigenvalue weighted by molar-refractivity contribution is -0.551. The highest BCUT2D eigenvalue weighted by atomic mass is 16.4. The summed E-state index contributed by atoms with van der Waals surface area (Å²) in [5.41, 5.74) is -0.796. The maximum Gasteiger partial charge on any atom is 0.365 e. The molecule has 2 fully saturated rings. The first kappa shape index (κ1) is 13.7. The maximum absolute atomic E-state index is 12.3. The minimum atomic E-state index is -1.08. The number of nitrogens with zero attached hydrogens (tertiary/aromatic N) is 2. The molecule has 0 saturated carbocycles. The van der Waals surface area contributed by atoms with E-state index in [9.17, 15) is 9.59 Å². The monoisotopic (exact) mass is 266 g/mol. The van der Waals surface area contributed by atoms with Crippen molar-refractivity contribution in [3.05, 3.63) is 0 Å². The van der Waals surface area contributed by atoms with Crippen molar-refractivity contribution in [3.63, 3.8) is 0 Å². The van der Waals surface area contributed by atoms with Crippen molar-refractivity contribution in [2.75, 3.05) is 13.1 Å². The minimum absolute atomic E-state index is 0.0203. The van der Waals surface area contributed by atoms with E-state index in [2.05, 4.69) is 4.58 Å². The zero-order valence-electron chi connectivity index (χ0n) is 11.3. The Morgan fingerprint density at radius 3 is 2.53 bits per heavy atom. The van der Waals surface area contributed by atoms with Crippen molar-refractivity contribution in [3.8, 4) is 0 Å². The molecule has 1 unspecified atom stereocenters. The van der Waals surface area contributed by atoms with E-state index in [0.29, 0.717) is 6.42 Å². The van der Waals surface area contributed by atoms with Crippen LogP contribution in [0.5, 0.6) is 0 Å². The molecule has 2 saturated heterocycles. The Labute approximate surface area is 111 Å². The first-order valence-electron chi connectivity index (χ1n) is 6.55. The number of amides is 1. The smallest absolute Gasteiger partial charge is 0.365 e. The second-order valence-corrected chi connectivity index (χ2v) is 5.14. The van der Waals surface area contributed by atoms with Crippen molar-refractivity contribution < 1.29 is 24.1 Å². The molecule has 3 aliphatic rings. The van der Waals surface area contributed by atoms with Gasteiger partial charge < -0.3 is 9.90 Å². The summed E-state index contributed by atoms with van der Waals surface area (Å²) in [6.07, 6.45) is 3.68. The third-order valence-electron chi connectivity index (χ3n) is 3.97. The minimum Gasteiger partial charge on any atom is -0.550 e. The number of carboxylic acid groups (broad SMARTS) is 1. The number of fused-ring (bicyclic) bond motifs is 2. The Hall–Kier alpha value is -1.72. The molecular weight excluding hydrogens is 248 g/mol. The summed E-state index contributed by atoms with van der Waals surface area (Å²) >= 11 is 0. The number of hydrogen-bond acceptors (Lipinski definition) is 4. The van der Waals surface area contributed by atoms with Crippen molar-refractivity contribution in [2.24, 2.45) is 0 Å². The molecule has 0 spiro atoms. The average molecular weight is 266 g/mol. The number of rotatable bonds is 1. The second kappa shape index (κ2) is 4.75. The van der Waals surface area contributed by atoms with Crippen molar-refractivity contribution in [2.45, 2.75) is 45.1 Å². The van der Waals surface area contributed by atoms with Gasteiger partial charge in [-0.05, 0) is 26.7 Å². The van der Waals surface area contributed by atoms with Gasteiger partial charge in [0, 0.05) is 12.4 Å². The zero-order chi connectivity index (χ0) is 14.2. The number of aliphatic carboxylic acids is 1. The Morgan fingerprint density at radius 1 is 1.32 bits per heavy atom. The Balaban J connectivity index is 0.000000297. The fourth-order valence-electron chi connectivity index (χ4n) is 3.29. The van der Waals surface area contributed by atoms with Crippen LogP contribution in [0.4, 0.5) is 0 Å². The van der Waals surface area contributed by atoms with Crippen LogP contribution < -0.4 is 5.11 Å². The molecule has 0 aromatic carbocycles. The summed E-state index contributed by atoms with van der Waals surface area (Å²) in [4.78, 5) is 34.8. The van der Waals surface area contributed by atoms with Crippen LogP contribution in [0.1, 0.15) is 39.5 Å². The number of hydrogen-bond donors (Lipinski definition) is 0. The predicted molar refractivity (Wildman–Crippen MR) is 64.4 cm³/mol. The SMILES string of the molecule is CC(=O)C12CCC[N+]1=C1CCCN1C2=O.CC(=O)[O-]. The van der Waals surface area contributed by atoms with E-state index < -0.39 is 11.5 Å². The molecule has 104 valence electrons. The Bertz CT molecular complexity index is 479. The van der Waals surface area contributed by atoms with Crippen molar-refractivity contribution in [1.29, 1.82) is 0 Å². The largest absolute Gasteiger partial charge is 0.550 e. The first-order chi connectivity index (χ1) is 8.91. The molecule has 3 heterocycles. The van der Waals surface area contributed by atoms with Gasteiger partial charge in [0.2, 0.25) is 0 Å². The van der Waals surface area contributed by atoms with Gasteiger partial charge in [-0.25, -0.2) is 9.37 Å². The molecule has 1 amide bonds. The fourth-order valence-corrected chi connectivity index (χ4v) is 3.29. The van der Waals surface area contributed by atoms with E-state index in [1.165, 1.54) is 0 Å². The lowest BCUT2D eigenvalue weighted by Gasteiger charge is -2.16. The molecule has 6 nitrogen and oxygen atoms in total. The maximum atomic E-state index is 12.3. The summed E-state index contributed by atoms with van der Waals surface area (Å²) in [6, 6.07) is 0. The Kier molecular flexibility index (Phi) is 3.43. The number of carboxylic acids is 1. The standard InChI is InChI=1S/C11H15N2O2.C2H4O2/c1-8(14)11-5-3-7-13(11)9-4-2-6-12(9)10(11)15;1-2(3)4/h2-7H2,1H3;1H3,(H,3,4)/q+1;/p-1. The van der Waals surface area contributed by atoms with Crippen LogP contribution in [0.25, 0.3) is 0 Å². The number of amidine groups is 1. The highest BCUT2D eigenvalue weighted by Gasteiger charge is 2.65. The molecule has 0 aromatic rings. The lowest BCUT2D eigenvalue weighted by atomic mass is 9.92. The number of carbonyl (C=O) groups is 3. The number of ketones is 1. The van der Waals surface area contributed by atoms with Gasteiger partial charge in [0.1, 0.15) is 0 Å². The molecule has 0 N–H and O–H groups in total. The van der Waals surface area contributed by atoms with Gasteiger partial charge in [-0.3, -0.25) is 4.79 Å². The van der Waals surface area contributed by atoms with Gasteiger partial charge in [-0.15, -0.1) is 0 Å². The van der Waals surface area contributed by atoms with Gasteiger partial charge in [0.05, 0.1) is 19.5 Å². The van der Waals surface area contributed by atoms with Crippen LogP contribution in [0, 0.1) is 0 Å². The summed E-state index contributed by atoms with van der Waals surface area (Å²) in [5, 5.41) is 8.89. The summed E-state index contributed by atoms with van der Waals surface area (Å²) in [7, 11) is 0. The summed E-state index contributed by atoms with van der Waals surface area (Å²) < 4.78 is 2.07. The van der Waals surface area contributed by atoms with Crippen LogP contribution in [-0.2, 0) is 14.4 Å². The zero-order valence-corrected chi connectivity index (χ0v) is 11.3. The van der Waals surface area contributed by atoms with Crippen LogP contribution in [0.3, 0.4) is 0 Å². The molecule has 0 aliphatic carbocycles. The third kappa shape index (κ3) is 1.95. The van der Waals surface area contributed by atoms with Gasteiger partial charge in [-0.1, -0.05) is 0 Å².